The molecule has 0 saturated heterocycles. The predicted octanol–water partition coefficient (Wildman–Crippen LogP) is 1.49. The number of aromatic hydroxyl groups is 1. The number of carbonyl (C=O) groups is 2. The quantitative estimate of drug-likeness (QED) is 0.892. The van der Waals surface area contributed by atoms with Gasteiger partial charge in [-0.25, -0.2) is 8.78 Å². The van der Waals surface area contributed by atoms with E-state index in [4.69, 9.17) is 0 Å². The molecule has 1 aromatic heterocycles. The molecule has 6 nitrogen and oxygen atoms in total. The molecule has 0 saturated carbocycles. The molecular formula is C16H15F2N3O3. The van der Waals surface area contributed by atoms with Crippen LogP contribution in [-0.2, 0) is 13.1 Å². The third-order valence-corrected chi connectivity index (χ3v) is 3.98. The summed E-state index contributed by atoms with van der Waals surface area (Å²) in [6, 6.07) is 3.43. The minimum atomic E-state index is -0.981. The summed E-state index contributed by atoms with van der Waals surface area (Å²) in [6.45, 7) is 0.789. The molecule has 3 rings (SSSR count). The summed E-state index contributed by atoms with van der Waals surface area (Å²) in [5.74, 6) is -3.28. The van der Waals surface area contributed by atoms with Crippen molar-refractivity contribution in [2.45, 2.75) is 13.1 Å². The van der Waals surface area contributed by atoms with Crippen molar-refractivity contribution in [2.24, 2.45) is 0 Å². The highest BCUT2D eigenvalue weighted by atomic mass is 19.2. The van der Waals surface area contributed by atoms with Crippen molar-refractivity contribution in [2.75, 3.05) is 13.6 Å². The molecule has 0 bridgehead atoms. The molecule has 24 heavy (non-hydrogen) atoms. The maximum absolute atomic E-state index is 13.3. The molecule has 1 aromatic carbocycles. The third kappa shape index (κ3) is 2.60. The zero-order valence-corrected chi connectivity index (χ0v) is 12.8. The minimum absolute atomic E-state index is 0.0161. The van der Waals surface area contributed by atoms with Crippen LogP contribution in [-0.4, -0.2) is 40.0 Å². The normalized spacial score (nSPS) is 13.8. The maximum atomic E-state index is 13.3. The molecular weight excluding hydrogens is 320 g/mol. The summed E-state index contributed by atoms with van der Waals surface area (Å²) < 4.78 is 27.8. The van der Waals surface area contributed by atoms with E-state index in [1.165, 1.54) is 28.8 Å². The number of hydrogen-bond acceptors (Lipinski definition) is 3. The summed E-state index contributed by atoms with van der Waals surface area (Å²) in [4.78, 5) is 25.7. The number of hydrogen-bond donors (Lipinski definition) is 2. The highest BCUT2D eigenvalue weighted by molar-refractivity contribution is 6.03. The molecule has 1 aliphatic heterocycles. The second-order valence-corrected chi connectivity index (χ2v) is 5.49. The molecule has 0 atom stereocenters. The fourth-order valence-corrected chi connectivity index (χ4v) is 2.74. The fourth-order valence-electron chi connectivity index (χ4n) is 2.74. The number of aromatic nitrogens is 1. The van der Waals surface area contributed by atoms with Gasteiger partial charge >= 0.3 is 0 Å². The number of nitrogens with one attached hydrogen (secondary N) is 1. The molecule has 2 amide bonds. The van der Waals surface area contributed by atoms with Gasteiger partial charge in [-0.05, 0) is 17.7 Å². The van der Waals surface area contributed by atoms with Gasteiger partial charge in [0, 0.05) is 32.9 Å². The van der Waals surface area contributed by atoms with E-state index in [9.17, 15) is 23.5 Å². The van der Waals surface area contributed by atoms with Gasteiger partial charge in [0.25, 0.3) is 11.8 Å². The van der Waals surface area contributed by atoms with Crippen molar-refractivity contribution in [3.05, 3.63) is 52.9 Å². The number of fused-ring (bicyclic) bond motifs is 1. The smallest absolute Gasteiger partial charge is 0.274 e. The van der Waals surface area contributed by atoms with E-state index in [-0.39, 0.29) is 23.6 Å². The minimum Gasteiger partial charge on any atom is -0.505 e. The zero-order chi connectivity index (χ0) is 17.4. The number of nitrogens with zero attached hydrogens (tertiary/aromatic N) is 2. The molecule has 8 heteroatoms. The highest BCUT2D eigenvalue weighted by Crippen LogP contribution is 2.29. The van der Waals surface area contributed by atoms with Crippen LogP contribution in [0.15, 0.2) is 24.4 Å². The molecule has 1 aliphatic rings. The van der Waals surface area contributed by atoms with E-state index in [1.54, 1.807) is 0 Å². The molecule has 0 spiro atoms. The topological polar surface area (TPSA) is 74.6 Å². The van der Waals surface area contributed by atoms with Crippen LogP contribution < -0.4 is 5.32 Å². The number of benzene rings is 1. The van der Waals surface area contributed by atoms with Crippen molar-refractivity contribution in [1.82, 2.24) is 14.8 Å². The Morgan fingerprint density at radius 3 is 2.71 bits per heavy atom. The molecule has 0 fully saturated rings. The van der Waals surface area contributed by atoms with Crippen molar-refractivity contribution in [1.29, 1.82) is 0 Å². The van der Waals surface area contributed by atoms with E-state index >= 15 is 0 Å². The van der Waals surface area contributed by atoms with E-state index in [1.807, 2.05) is 0 Å². The number of amides is 2. The van der Waals surface area contributed by atoms with Crippen LogP contribution in [0.4, 0.5) is 8.78 Å². The first kappa shape index (κ1) is 16.0. The van der Waals surface area contributed by atoms with Crippen LogP contribution >= 0.6 is 0 Å². The fraction of sp³-hybridized carbons (Fsp3) is 0.250. The van der Waals surface area contributed by atoms with Crippen molar-refractivity contribution < 1.29 is 23.5 Å². The lowest BCUT2D eigenvalue weighted by molar-refractivity contribution is 0.0686. The molecule has 0 unspecified atom stereocenters. The first-order chi connectivity index (χ1) is 11.4. The third-order valence-electron chi connectivity index (χ3n) is 3.98. The van der Waals surface area contributed by atoms with Gasteiger partial charge in [-0.2, -0.15) is 0 Å². The summed E-state index contributed by atoms with van der Waals surface area (Å²) in [5, 5.41) is 12.6. The standard InChI is InChI=1S/C16H15F2N3O3/c1-19-15(23)10-8-20-4-5-21(16(24)13(20)14(10)22)7-9-2-3-11(17)12(18)6-9/h2-3,6,8,22H,4-5,7H2,1H3,(H,19,23). The van der Waals surface area contributed by atoms with Crippen molar-refractivity contribution in [3.63, 3.8) is 0 Å². The summed E-state index contributed by atoms with van der Waals surface area (Å²) in [6.07, 6.45) is 1.43. The van der Waals surface area contributed by atoms with E-state index in [0.29, 0.717) is 18.7 Å². The SMILES string of the molecule is CNC(=O)c1cn2c(c1O)C(=O)N(Cc1ccc(F)c(F)c1)CC2. The van der Waals surface area contributed by atoms with Crippen molar-refractivity contribution >= 4 is 11.8 Å². The Balaban J connectivity index is 1.88. The second-order valence-electron chi connectivity index (χ2n) is 5.49. The summed E-state index contributed by atoms with van der Waals surface area (Å²) in [7, 11) is 1.43. The van der Waals surface area contributed by atoms with Gasteiger partial charge in [0.15, 0.2) is 23.1 Å². The van der Waals surface area contributed by atoms with E-state index < -0.39 is 23.4 Å². The Morgan fingerprint density at radius 1 is 1.29 bits per heavy atom. The first-order valence-corrected chi connectivity index (χ1v) is 7.29. The van der Waals surface area contributed by atoms with Gasteiger partial charge in [-0.1, -0.05) is 6.07 Å². The lowest BCUT2D eigenvalue weighted by Crippen LogP contribution is -2.39. The molecule has 126 valence electrons. The summed E-state index contributed by atoms with van der Waals surface area (Å²) >= 11 is 0. The Labute approximate surface area is 136 Å². The monoisotopic (exact) mass is 335 g/mol. The average molecular weight is 335 g/mol. The molecule has 0 aliphatic carbocycles. The van der Waals surface area contributed by atoms with Gasteiger partial charge in [-0.3, -0.25) is 9.59 Å². The van der Waals surface area contributed by atoms with Gasteiger partial charge in [-0.15, -0.1) is 0 Å². The summed E-state index contributed by atoms with van der Waals surface area (Å²) in [5.41, 5.74) is 0.478. The lowest BCUT2D eigenvalue weighted by Gasteiger charge is -2.28. The number of halogens is 2. The first-order valence-electron chi connectivity index (χ1n) is 7.29. The average Bonchev–Trinajstić information content (AvgIpc) is 2.90. The van der Waals surface area contributed by atoms with Crippen LogP contribution in [0.3, 0.4) is 0 Å². The van der Waals surface area contributed by atoms with Crippen LogP contribution in [0.5, 0.6) is 5.75 Å². The molecule has 0 radical (unpaired) electrons. The Hall–Kier alpha value is -2.90. The molecule has 2 heterocycles. The van der Waals surface area contributed by atoms with Crippen LogP contribution in [0, 0.1) is 11.6 Å². The highest BCUT2D eigenvalue weighted by Gasteiger charge is 2.31. The van der Waals surface area contributed by atoms with Gasteiger partial charge < -0.3 is 19.9 Å². The van der Waals surface area contributed by atoms with E-state index in [2.05, 4.69) is 5.32 Å². The van der Waals surface area contributed by atoms with E-state index in [0.717, 1.165) is 12.1 Å². The Morgan fingerprint density at radius 2 is 2.04 bits per heavy atom. The largest absolute Gasteiger partial charge is 0.505 e. The van der Waals surface area contributed by atoms with Crippen LogP contribution in [0.1, 0.15) is 26.4 Å². The van der Waals surface area contributed by atoms with Crippen LogP contribution in [0.2, 0.25) is 0 Å². The number of carbonyl (C=O) groups excluding carboxylic acids is 2. The van der Waals surface area contributed by atoms with Gasteiger partial charge in [0.1, 0.15) is 0 Å². The van der Waals surface area contributed by atoms with Crippen LogP contribution in [0.25, 0.3) is 0 Å². The van der Waals surface area contributed by atoms with Gasteiger partial charge in [0.05, 0.1) is 5.56 Å². The zero-order valence-electron chi connectivity index (χ0n) is 12.8. The maximum Gasteiger partial charge on any atom is 0.274 e. The van der Waals surface area contributed by atoms with Crippen molar-refractivity contribution in [3.8, 4) is 5.75 Å². The lowest BCUT2D eigenvalue weighted by atomic mass is 10.1. The second kappa shape index (κ2) is 5.95. The molecule has 2 N–H and O–H groups in total. The Bertz CT molecular complexity index is 832. The molecule has 2 aromatic rings. The van der Waals surface area contributed by atoms with Gasteiger partial charge in [0.2, 0.25) is 0 Å². The predicted molar refractivity (Wildman–Crippen MR) is 80.6 cm³/mol. The number of rotatable bonds is 3. The Kier molecular flexibility index (Phi) is 3.96.